The van der Waals surface area contributed by atoms with E-state index in [9.17, 15) is 4.79 Å². The fraction of sp³-hybridized carbons (Fsp3) is 0.167. The molecule has 0 radical (unpaired) electrons. The number of hydrogen-bond acceptors (Lipinski definition) is 2. The molecular weight excluding hydrogens is 268 g/mol. The summed E-state index contributed by atoms with van der Waals surface area (Å²) in [4.78, 5) is 15.2. The van der Waals surface area contributed by atoms with Gasteiger partial charge in [0.2, 0.25) is 0 Å². The summed E-state index contributed by atoms with van der Waals surface area (Å²) < 4.78 is 2.94. The predicted octanol–water partition coefficient (Wildman–Crippen LogP) is 2.97. The van der Waals surface area contributed by atoms with E-state index >= 15 is 0 Å². The molecule has 2 aromatic rings. The van der Waals surface area contributed by atoms with E-state index in [-0.39, 0.29) is 0 Å². The van der Waals surface area contributed by atoms with E-state index in [1.54, 1.807) is 0 Å². The van der Waals surface area contributed by atoms with Gasteiger partial charge in [0, 0.05) is 17.1 Å². The zero-order chi connectivity index (χ0) is 11.7. The van der Waals surface area contributed by atoms with Crippen LogP contribution in [0.3, 0.4) is 0 Å². The van der Waals surface area contributed by atoms with E-state index in [0.29, 0.717) is 5.69 Å². The predicted molar refractivity (Wildman–Crippen MR) is 66.5 cm³/mol. The molecule has 1 heterocycles. The first-order chi connectivity index (χ1) is 7.63. The molecular formula is C12H11BrN2O. The maximum Gasteiger partial charge on any atom is 0.170 e. The fourth-order valence-electron chi connectivity index (χ4n) is 1.67. The largest absolute Gasteiger partial charge is 0.331 e. The normalized spacial score (nSPS) is 10.4. The molecule has 0 bridgehead atoms. The first-order valence-electron chi connectivity index (χ1n) is 4.88. The van der Waals surface area contributed by atoms with Crippen molar-refractivity contribution in [2.75, 3.05) is 0 Å². The summed E-state index contributed by atoms with van der Waals surface area (Å²) in [6.45, 7) is 1.88. The molecule has 0 aliphatic carbocycles. The van der Waals surface area contributed by atoms with Gasteiger partial charge in [0.25, 0.3) is 0 Å². The van der Waals surface area contributed by atoms with Crippen LogP contribution in [0.1, 0.15) is 16.3 Å². The Morgan fingerprint density at radius 3 is 2.50 bits per heavy atom. The van der Waals surface area contributed by atoms with E-state index in [1.165, 1.54) is 0 Å². The molecule has 0 amide bonds. The van der Waals surface area contributed by atoms with Gasteiger partial charge in [0.05, 0.1) is 5.69 Å². The second-order valence-corrected chi connectivity index (χ2v) is 4.49. The summed E-state index contributed by atoms with van der Waals surface area (Å²) in [5, 5.41) is 0. The minimum absolute atomic E-state index is 0.488. The average Bonchev–Trinajstić information content (AvgIpc) is 2.57. The van der Waals surface area contributed by atoms with Crippen molar-refractivity contribution >= 4 is 22.2 Å². The molecule has 3 nitrogen and oxygen atoms in total. The van der Waals surface area contributed by atoms with Gasteiger partial charge in [0.15, 0.2) is 6.29 Å². The lowest BCUT2D eigenvalue weighted by Crippen LogP contribution is -1.95. The number of imidazole rings is 1. The van der Waals surface area contributed by atoms with Gasteiger partial charge >= 0.3 is 0 Å². The Bertz CT molecular complexity index is 529. The Morgan fingerprint density at radius 1 is 1.31 bits per heavy atom. The summed E-state index contributed by atoms with van der Waals surface area (Å²) in [6, 6.07) is 7.83. The average molecular weight is 279 g/mol. The zero-order valence-electron chi connectivity index (χ0n) is 9.07. The van der Waals surface area contributed by atoms with Crippen LogP contribution in [0, 0.1) is 6.92 Å². The second-order valence-electron chi connectivity index (χ2n) is 3.58. The van der Waals surface area contributed by atoms with Crippen LogP contribution >= 0.6 is 15.9 Å². The molecule has 4 heteroatoms. The van der Waals surface area contributed by atoms with Gasteiger partial charge < -0.3 is 4.57 Å². The minimum atomic E-state index is 0.488. The van der Waals surface area contributed by atoms with Crippen LogP contribution < -0.4 is 0 Å². The van der Waals surface area contributed by atoms with Gasteiger partial charge in [-0.3, -0.25) is 4.79 Å². The second kappa shape index (κ2) is 4.22. The van der Waals surface area contributed by atoms with Crippen molar-refractivity contribution in [3.05, 3.63) is 40.3 Å². The zero-order valence-corrected chi connectivity index (χ0v) is 10.7. The summed E-state index contributed by atoms with van der Waals surface area (Å²) in [6.07, 6.45) is 0.796. The Balaban J connectivity index is 2.62. The maximum absolute atomic E-state index is 10.9. The lowest BCUT2D eigenvalue weighted by atomic mass is 10.1. The van der Waals surface area contributed by atoms with Crippen LogP contribution in [0.5, 0.6) is 0 Å². The van der Waals surface area contributed by atoms with Gasteiger partial charge in [-0.1, -0.05) is 28.1 Å². The SMILES string of the molecule is Cc1nc(C=O)c(-c2ccc(Br)cc2)n1C. The van der Waals surface area contributed by atoms with Crippen molar-refractivity contribution in [3.8, 4) is 11.3 Å². The Hall–Kier alpha value is -1.42. The van der Waals surface area contributed by atoms with Gasteiger partial charge in [-0.15, -0.1) is 0 Å². The number of carbonyl (C=O) groups excluding carboxylic acids is 1. The Morgan fingerprint density at radius 2 is 1.94 bits per heavy atom. The third-order valence-electron chi connectivity index (χ3n) is 2.57. The van der Waals surface area contributed by atoms with E-state index < -0.39 is 0 Å². The van der Waals surface area contributed by atoms with E-state index in [4.69, 9.17) is 0 Å². The van der Waals surface area contributed by atoms with Crippen molar-refractivity contribution in [3.63, 3.8) is 0 Å². The van der Waals surface area contributed by atoms with Crippen molar-refractivity contribution in [1.82, 2.24) is 9.55 Å². The fourth-order valence-corrected chi connectivity index (χ4v) is 1.93. The van der Waals surface area contributed by atoms with Crippen molar-refractivity contribution in [2.45, 2.75) is 6.92 Å². The monoisotopic (exact) mass is 278 g/mol. The van der Waals surface area contributed by atoms with Crippen LogP contribution in [0.15, 0.2) is 28.7 Å². The van der Waals surface area contributed by atoms with Crippen molar-refractivity contribution < 1.29 is 4.79 Å². The number of carbonyl (C=O) groups is 1. The molecule has 1 aromatic heterocycles. The van der Waals surface area contributed by atoms with Gasteiger partial charge in [0.1, 0.15) is 11.5 Å². The molecule has 0 saturated carbocycles. The molecule has 0 fully saturated rings. The number of hydrogen-bond donors (Lipinski definition) is 0. The lowest BCUT2D eigenvalue weighted by Gasteiger charge is -2.04. The molecule has 1 aromatic carbocycles. The molecule has 82 valence electrons. The maximum atomic E-state index is 10.9. The van der Waals surface area contributed by atoms with Crippen LogP contribution in [0.2, 0.25) is 0 Å². The molecule has 0 N–H and O–H groups in total. The van der Waals surface area contributed by atoms with Gasteiger partial charge in [-0.2, -0.15) is 0 Å². The van der Waals surface area contributed by atoms with Crippen molar-refractivity contribution in [1.29, 1.82) is 0 Å². The van der Waals surface area contributed by atoms with Crippen LogP contribution in [-0.4, -0.2) is 15.8 Å². The number of aldehydes is 1. The molecule has 2 rings (SSSR count). The number of aryl methyl sites for hydroxylation is 1. The first-order valence-corrected chi connectivity index (χ1v) is 5.67. The van der Waals surface area contributed by atoms with Gasteiger partial charge in [-0.25, -0.2) is 4.98 Å². The third-order valence-corrected chi connectivity index (χ3v) is 3.10. The number of rotatable bonds is 2. The van der Waals surface area contributed by atoms with Crippen LogP contribution in [0.25, 0.3) is 11.3 Å². The Kier molecular flexibility index (Phi) is 2.92. The smallest absolute Gasteiger partial charge is 0.170 e. The summed E-state index contributed by atoms with van der Waals surface area (Å²) in [5.41, 5.74) is 2.34. The summed E-state index contributed by atoms with van der Waals surface area (Å²) in [7, 11) is 1.91. The molecule has 0 atom stereocenters. The van der Waals surface area contributed by atoms with E-state index in [2.05, 4.69) is 20.9 Å². The number of nitrogens with zero attached hydrogens (tertiary/aromatic N) is 2. The molecule has 0 aliphatic rings. The number of benzene rings is 1. The van der Waals surface area contributed by atoms with E-state index in [1.807, 2.05) is 42.8 Å². The molecule has 0 unspecified atom stereocenters. The highest BCUT2D eigenvalue weighted by Gasteiger charge is 2.12. The molecule has 16 heavy (non-hydrogen) atoms. The third kappa shape index (κ3) is 1.80. The first kappa shape index (κ1) is 11.1. The number of aromatic nitrogens is 2. The van der Waals surface area contributed by atoms with Crippen molar-refractivity contribution in [2.24, 2.45) is 7.05 Å². The van der Waals surface area contributed by atoms with E-state index in [0.717, 1.165) is 27.8 Å². The summed E-state index contributed by atoms with van der Waals surface area (Å²) in [5.74, 6) is 0.833. The van der Waals surface area contributed by atoms with Crippen LogP contribution in [0.4, 0.5) is 0 Å². The molecule has 0 saturated heterocycles. The van der Waals surface area contributed by atoms with Crippen LogP contribution in [-0.2, 0) is 7.05 Å². The highest BCUT2D eigenvalue weighted by molar-refractivity contribution is 9.10. The van der Waals surface area contributed by atoms with Gasteiger partial charge in [-0.05, 0) is 19.1 Å². The quantitative estimate of drug-likeness (QED) is 0.792. The number of halogens is 1. The Labute approximate surface area is 102 Å². The molecule has 0 aliphatic heterocycles. The lowest BCUT2D eigenvalue weighted by molar-refractivity contribution is 0.112. The molecule has 0 spiro atoms. The topological polar surface area (TPSA) is 34.9 Å². The standard InChI is InChI=1S/C12H11BrN2O/c1-8-14-11(7-16)12(15(8)2)9-3-5-10(13)6-4-9/h3-7H,1-2H3. The highest BCUT2D eigenvalue weighted by Crippen LogP contribution is 2.24. The minimum Gasteiger partial charge on any atom is -0.331 e. The highest BCUT2D eigenvalue weighted by atomic mass is 79.9. The summed E-state index contributed by atoms with van der Waals surface area (Å²) >= 11 is 3.39.